The average Bonchev–Trinajstić information content (AvgIpc) is 2.70. The highest BCUT2D eigenvalue weighted by Crippen LogP contribution is 2.36. The molecule has 0 saturated carbocycles. The van der Waals surface area contributed by atoms with Crippen LogP contribution in [0.15, 0.2) is 24.4 Å². The zero-order valence-electron chi connectivity index (χ0n) is 10.1. The van der Waals surface area contributed by atoms with Crippen LogP contribution in [0, 0.1) is 5.82 Å². The molecule has 1 aromatic heterocycles. The summed E-state index contributed by atoms with van der Waals surface area (Å²) < 4.78 is 53.0. The Morgan fingerprint density at radius 1 is 1.35 bits per heavy atom. The van der Waals surface area contributed by atoms with E-state index in [0.717, 1.165) is 23.0 Å². The molecule has 20 heavy (non-hydrogen) atoms. The maximum atomic E-state index is 14.0. The first kappa shape index (κ1) is 14.0. The Hall–Kier alpha value is -2.38. The number of aryl methyl sites for hydroxylation is 1. The van der Waals surface area contributed by atoms with E-state index in [1.807, 2.05) is 0 Å². The van der Waals surface area contributed by atoms with Gasteiger partial charge in [-0.05, 0) is 12.1 Å². The van der Waals surface area contributed by atoms with Crippen LogP contribution in [0.2, 0.25) is 0 Å². The Morgan fingerprint density at radius 2 is 2.00 bits per heavy atom. The Balaban J connectivity index is 2.72. The van der Waals surface area contributed by atoms with Crippen LogP contribution in [0.5, 0.6) is 0 Å². The summed E-state index contributed by atoms with van der Waals surface area (Å²) in [6.07, 6.45) is -3.90. The molecule has 0 aliphatic heterocycles. The number of carboxylic acid groups (broad SMARTS) is 1. The van der Waals surface area contributed by atoms with Crippen LogP contribution in [0.1, 0.15) is 15.9 Å². The highest BCUT2D eigenvalue weighted by atomic mass is 19.4. The van der Waals surface area contributed by atoms with Crippen molar-refractivity contribution in [2.75, 3.05) is 0 Å². The second-order valence-corrected chi connectivity index (χ2v) is 4.00. The summed E-state index contributed by atoms with van der Waals surface area (Å²) >= 11 is 0. The SMILES string of the molecule is Cn1ncc(C(=O)O)c1-c1cccc(C(F)(F)F)c1F. The third-order valence-corrected chi connectivity index (χ3v) is 2.73. The van der Waals surface area contributed by atoms with Gasteiger partial charge in [-0.25, -0.2) is 9.18 Å². The lowest BCUT2D eigenvalue weighted by molar-refractivity contribution is -0.139. The summed E-state index contributed by atoms with van der Waals surface area (Å²) in [5.74, 6) is -2.92. The molecule has 106 valence electrons. The molecule has 1 N–H and O–H groups in total. The Bertz CT molecular complexity index is 677. The van der Waals surface area contributed by atoms with Gasteiger partial charge in [-0.3, -0.25) is 4.68 Å². The van der Waals surface area contributed by atoms with Gasteiger partial charge in [0.05, 0.1) is 17.5 Å². The van der Waals surface area contributed by atoms with Gasteiger partial charge in [0.25, 0.3) is 0 Å². The largest absolute Gasteiger partial charge is 0.478 e. The molecule has 1 aromatic carbocycles. The number of nitrogens with zero attached hydrogens (tertiary/aromatic N) is 2. The van der Waals surface area contributed by atoms with Crippen LogP contribution in [-0.2, 0) is 13.2 Å². The quantitative estimate of drug-likeness (QED) is 0.864. The van der Waals surface area contributed by atoms with Gasteiger partial charge in [-0.1, -0.05) is 6.07 Å². The smallest absolute Gasteiger partial charge is 0.419 e. The molecule has 0 radical (unpaired) electrons. The van der Waals surface area contributed by atoms with Crippen molar-refractivity contribution in [1.29, 1.82) is 0 Å². The number of hydrogen-bond acceptors (Lipinski definition) is 2. The molecule has 2 aromatic rings. The van der Waals surface area contributed by atoms with Crippen LogP contribution in [-0.4, -0.2) is 20.9 Å². The zero-order valence-corrected chi connectivity index (χ0v) is 10.1. The molecular formula is C12H8F4N2O2. The summed E-state index contributed by atoms with van der Waals surface area (Å²) in [5.41, 5.74) is -2.50. The number of carboxylic acids is 1. The van der Waals surface area contributed by atoms with Crippen molar-refractivity contribution in [3.05, 3.63) is 41.3 Å². The minimum Gasteiger partial charge on any atom is -0.478 e. The van der Waals surface area contributed by atoms with E-state index in [1.165, 1.54) is 7.05 Å². The van der Waals surface area contributed by atoms with Crippen molar-refractivity contribution in [2.45, 2.75) is 6.18 Å². The van der Waals surface area contributed by atoms with Crippen LogP contribution in [0.25, 0.3) is 11.3 Å². The lowest BCUT2D eigenvalue weighted by Gasteiger charge is -2.12. The molecule has 1 heterocycles. The third-order valence-electron chi connectivity index (χ3n) is 2.73. The van der Waals surface area contributed by atoms with Gasteiger partial charge in [-0.15, -0.1) is 0 Å². The number of aromatic nitrogens is 2. The average molecular weight is 288 g/mol. The number of alkyl halides is 3. The van der Waals surface area contributed by atoms with Gasteiger partial charge >= 0.3 is 12.1 Å². The number of benzene rings is 1. The van der Waals surface area contributed by atoms with Crippen LogP contribution in [0.3, 0.4) is 0 Å². The maximum absolute atomic E-state index is 14.0. The lowest BCUT2D eigenvalue weighted by atomic mass is 10.0. The number of aromatic carboxylic acids is 1. The summed E-state index contributed by atoms with van der Waals surface area (Å²) in [6, 6.07) is 2.68. The first-order chi connectivity index (χ1) is 9.23. The molecule has 8 heteroatoms. The number of hydrogen-bond donors (Lipinski definition) is 1. The minimum atomic E-state index is -4.86. The van der Waals surface area contributed by atoms with Gasteiger partial charge in [0.15, 0.2) is 0 Å². The van der Waals surface area contributed by atoms with Gasteiger partial charge in [0.2, 0.25) is 0 Å². The van der Waals surface area contributed by atoms with Crippen molar-refractivity contribution in [1.82, 2.24) is 9.78 Å². The van der Waals surface area contributed by atoms with E-state index in [2.05, 4.69) is 5.10 Å². The predicted octanol–water partition coefficient (Wildman–Crippen LogP) is 2.94. The van der Waals surface area contributed by atoms with Crippen molar-refractivity contribution in [2.24, 2.45) is 7.05 Å². The standard InChI is InChI=1S/C12H8F4N2O2/c1-18-10(7(5-17-18)11(19)20)6-3-2-4-8(9(6)13)12(14,15)16/h2-5H,1H3,(H,19,20). The van der Waals surface area contributed by atoms with Gasteiger partial charge < -0.3 is 5.11 Å². The van der Waals surface area contributed by atoms with Gasteiger partial charge in [0, 0.05) is 12.6 Å². The highest BCUT2D eigenvalue weighted by molar-refractivity contribution is 5.94. The summed E-state index contributed by atoms with van der Waals surface area (Å²) in [5, 5.41) is 12.6. The molecule has 0 bridgehead atoms. The van der Waals surface area contributed by atoms with Crippen molar-refractivity contribution >= 4 is 5.97 Å². The molecule has 0 spiro atoms. The first-order valence-electron chi connectivity index (χ1n) is 5.35. The third kappa shape index (κ3) is 2.24. The van der Waals surface area contributed by atoms with E-state index in [0.29, 0.717) is 6.07 Å². The molecule has 0 saturated heterocycles. The molecule has 0 fully saturated rings. The minimum absolute atomic E-state index is 0.221. The molecule has 0 aliphatic rings. The van der Waals surface area contributed by atoms with E-state index in [9.17, 15) is 22.4 Å². The molecule has 4 nitrogen and oxygen atoms in total. The van der Waals surface area contributed by atoms with E-state index < -0.39 is 29.1 Å². The summed E-state index contributed by atoms with van der Waals surface area (Å²) in [6.45, 7) is 0. The van der Waals surface area contributed by atoms with Gasteiger partial charge in [0.1, 0.15) is 11.4 Å². The van der Waals surface area contributed by atoms with Crippen molar-refractivity contribution in [3.63, 3.8) is 0 Å². The number of rotatable bonds is 2. The van der Waals surface area contributed by atoms with Crippen LogP contribution >= 0.6 is 0 Å². The molecule has 2 rings (SSSR count). The lowest BCUT2D eigenvalue weighted by Crippen LogP contribution is -2.10. The Kier molecular flexibility index (Phi) is 3.24. The number of carbonyl (C=O) groups is 1. The van der Waals surface area contributed by atoms with E-state index in [4.69, 9.17) is 5.11 Å². The van der Waals surface area contributed by atoms with Gasteiger partial charge in [-0.2, -0.15) is 18.3 Å². The Labute approximate surface area is 110 Å². The van der Waals surface area contributed by atoms with E-state index in [-0.39, 0.29) is 11.3 Å². The second-order valence-electron chi connectivity index (χ2n) is 4.00. The van der Waals surface area contributed by atoms with Crippen molar-refractivity contribution in [3.8, 4) is 11.3 Å². The van der Waals surface area contributed by atoms with Crippen molar-refractivity contribution < 1.29 is 27.5 Å². The fourth-order valence-electron chi connectivity index (χ4n) is 1.85. The second kappa shape index (κ2) is 4.62. The molecule has 0 atom stereocenters. The molecular weight excluding hydrogens is 280 g/mol. The normalized spacial score (nSPS) is 11.7. The number of halogens is 4. The van der Waals surface area contributed by atoms with Crippen LogP contribution in [0.4, 0.5) is 17.6 Å². The summed E-state index contributed by atoms with van der Waals surface area (Å²) in [7, 11) is 1.32. The molecule has 0 unspecified atom stereocenters. The highest BCUT2D eigenvalue weighted by Gasteiger charge is 2.35. The summed E-state index contributed by atoms with van der Waals surface area (Å²) in [4.78, 5) is 11.0. The fraction of sp³-hybridized carbons (Fsp3) is 0.167. The zero-order chi connectivity index (χ0) is 15.1. The van der Waals surface area contributed by atoms with E-state index in [1.54, 1.807) is 0 Å². The monoisotopic (exact) mass is 288 g/mol. The van der Waals surface area contributed by atoms with Crippen LogP contribution < -0.4 is 0 Å². The first-order valence-corrected chi connectivity index (χ1v) is 5.35. The Morgan fingerprint density at radius 3 is 2.55 bits per heavy atom. The molecule has 0 amide bonds. The maximum Gasteiger partial charge on any atom is 0.419 e. The predicted molar refractivity (Wildman–Crippen MR) is 60.6 cm³/mol. The van der Waals surface area contributed by atoms with E-state index >= 15 is 0 Å². The fourth-order valence-corrected chi connectivity index (χ4v) is 1.85. The topological polar surface area (TPSA) is 55.1 Å². The molecule has 0 aliphatic carbocycles.